The third-order valence-corrected chi connectivity index (χ3v) is 4.27. The van der Waals surface area contributed by atoms with Crippen molar-refractivity contribution < 1.29 is 4.79 Å². The highest BCUT2D eigenvalue weighted by molar-refractivity contribution is 6.04. The highest BCUT2D eigenvalue weighted by Gasteiger charge is 2.22. The highest BCUT2D eigenvalue weighted by Crippen LogP contribution is 2.24. The molecule has 136 valence electrons. The lowest BCUT2D eigenvalue weighted by Gasteiger charge is -2.13. The third-order valence-electron chi connectivity index (χ3n) is 4.27. The summed E-state index contributed by atoms with van der Waals surface area (Å²) >= 11 is 0. The van der Waals surface area contributed by atoms with Crippen LogP contribution in [0.15, 0.2) is 36.4 Å². The average Bonchev–Trinajstić information content (AvgIpc) is 3.10. The Balaban J connectivity index is 1.94. The fourth-order valence-corrected chi connectivity index (χ4v) is 2.87. The fourth-order valence-electron chi connectivity index (χ4n) is 2.87. The lowest BCUT2D eigenvalue weighted by atomic mass is 9.92. The van der Waals surface area contributed by atoms with E-state index in [1.165, 1.54) is 0 Å². The summed E-state index contributed by atoms with van der Waals surface area (Å²) in [6.07, 6.45) is 0. The molecule has 0 aliphatic carbocycles. The van der Waals surface area contributed by atoms with Crippen LogP contribution in [0.2, 0.25) is 0 Å². The molecule has 0 unspecified atom stereocenters. The van der Waals surface area contributed by atoms with Gasteiger partial charge in [-0.1, -0.05) is 32.9 Å². The minimum absolute atomic E-state index is 0.113. The Kier molecular flexibility index (Phi) is 4.44. The number of amides is 1. The van der Waals surface area contributed by atoms with Gasteiger partial charge in [0, 0.05) is 18.2 Å². The second-order valence-corrected chi connectivity index (χ2v) is 7.60. The van der Waals surface area contributed by atoms with E-state index < -0.39 is 0 Å². The first-order chi connectivity index (χ1) is 12.2. The van der Waals surface area contributed by atoms with E-state index in [4.69, 9.17) is 0 Å². The lowest BCUT2D eigenvalue weighted by Crippen LogP contribution is -2.17. The zero-order valence-electron chi connectivity index (χ0n) is 16.2. The molecule has 2 heterocycles. The first kappa shape index (κ1) is 17.9. The number of aromatic nitrogens is 4. The van der Waals surface area contributed by atoms with Crippen molar-refractivity contribution in [2.24, 2.45) is 7.05 Å². The van der Waals surface area contributed by atoms with Gasteiger partial charge in [0.2, 0.25) is 0 Å². The normalized spacial score (nSPS) is 11.6. The van der Waals surface area contributed by atoms with Crippen molar-refractivity contribution in [2.75, 3.05) is 5.32 Å². The number of rotatable bonds is 3. The standard InChI is InChI=1S/C20H25N5O/c1-13-11-14(2)25(22-13)16-10-8-7-9-15(16)21-19(26)17-12-18(20(3,4)5)23-24(17)6/h7-12H,1-6H3,(H,21,26). The Hall–Kier alpha value is -2.89. The van der Waals surface area contributed by atoms with Crippen molar-refractivity contribution >= 4 is 11.6 Å². The van der Waals surface area contributed by atoms with Crippen LogP contribution in [0.3, 0.4) is 0 Å². The van der Waals surface area contributed by atoms with Crippen LogP contribution in [0.1, 0.15) is 48.3 Å². The first-order valence-electron chi connectivity index (χ1n) is 8.65. The van der Waals surface area contributed by atoms with Gasteiger partial charge in [0.25, 0.3) is 5.91 Å². The summed E-state index contributed by atoms with van der Waals surface area (Å²) in [5, 5.41) is 12.0. The number of carbonyl (C=O) groups is 1. The van der Waals surface area contributed by atoms with E-state index in [-0.39, 0.29) is 11.3 Å². The van der Waals surface area contributed by atoms with Crippen molar-refractivity contribution in [1.29, 1.82) is 0 Å². The maximum atomic E-state index is 12.8. The molecule has 3 aromatic rings. The molecule has 0 spiro atoms. The zero-order valence-corrected chi connectivity index (χ0v) is 16.2. The van der Waals surface area contributed by atoms with E-state index in [9.17, 15) is 4.79 Å². The monoisotopic (exact) mass is 351 g/mol. The van der Waals surface area contributed by atoms with Crippen LogP contribution >= 0.6 is 0 Å². The number of aryl methyl sites for hydroxylation is 3. The molecule has 0 aliphatic rings. The SMILES string of the molecule is Cc1cc(C)n(-c2ccccc2NC(=O)c2cc(C(C)(C)C)nn2C)n1. The van der Waals surface area contributed by atoms with E-state index in [2.05, 4.69) is 36.3 Å². The fraction of sp³-hybridized carbons (Fsp3) is 0.350. The van der Waals surface area contributed by atoms with Crippen LogP contribution in [0.5, 0.6) is 0 Å². The number of nitrogens with zero attached hydrogens (tertiary/aromatic N) is 4. The number of hydrogen-bond acceptors (Lipinski definition) is 3. The topological polar surface area (TPSA) is 64.7 Å². The maximum absolute atomic E-state index is 12.8. The van der Waals surface area contributed by atoms with Crippen LogP contribution in [0.4, 0.5) is 5.69 Å². The van der Waals surface area contributed by atoms with Crippen molar-refractivity contribution in [3.63, 3.8) is 0 Å². The molecule has 0 radical (unpaired) electrons. The second kappa shape index (κ2) is 6.44. The molecular formula is C20H25N5O. The number of para-hydroxylation sites is 2. The molecule has 26 heavy (non-hydrogen) atoms. The molecule has 1 N–H and O–H groups in total. The van der Waals surface area contributed by atoms with Crippen LogP contribution in [0.25, 0.3) is 5.69 Å². The highest BCUT2D eigenvalue weighted by atomic mass is 16.2. The summed E-state index contributed by atoms with van der Waals surface area (Å²) in [6.45, 7) is 10.2. The van der Waals surface area contributed by atoms with E-state index in [0.717, 1.165) is 22.8 Å². The van der Waals surface area contributed by atoms with Gasteiger partial charge in [0.05, 0.1) is 22.8 Å². The molecule has 6 nitrogen and oxygen atoms in total. The summed E-state index contributed by atoms with van der Waals surface area (Å²) < 4.78 is 3.47. The number of anilines is 1. The summed E-state index contributed by atoms with van der Waals surface area (Å²) in [4.78, 5) is 12.8. The Morgan fingerprint density at radius 1 is 1.08 bits per heavy atom. The second-order valence-electron chi connectivity index (χ2n) is 7.60. The van der Waals surface area contributed by atoms with Crippen LogP contribution in [0, 0.1) is 13.8 Å². The maximum Gasteiger partial charge on any atom is 0.273 e. The molecule has 1 aromatic carbocycles. The summed E-state index contributed by atoms with van der Waals surface area (Å²) in [5.41, 5.74) is 4.80. The van der Waals surface area contributed by atoms with Gasteiger partial charge in [-0.25, -0.2) is 4.68 Å². The van der Waals surface area contributed by atoms with Crippen molar-refractivity contribution in [3.8, 4) is 5.69 Å². The molecule has 0 saturated heterocycles. The summed E-state index contributed by atoms with van der Waals surface area (Å²) in [5.74, 6) is -0.190. The zero-order chi connectivity index (χ0) is 19.1. The predicted octanol–water partition coefficient (Wildman–Crippen LogP) is 3.77. The number of benzene rings is 1. The van der Waals surface area contributed by atoms with E-state index >= 15 is 0 Å². The van der Waals surface area contributed by atoms with Gasteiger partial charge in [-0.15, -0.1) is 0 Å². The summed E-state index contributed by atoms with van der Waals surface area (Å²) in [6, 6.07) is 11.5. The van der Waals surface area contributed by atoms with E-state index in [1.807, 2.05) is 54.9 Å². The Morgan fingerprint density at radius 2 is 1.77 bits per heavy atom. The smallest absolute Gasteiger partial charge is 0.273 e. The lowest BCUT2D eigenvalue weighted by molar-refractivity contribution is 0.101. The van der Waals surface area contributed by atoms with E-state index in [1.54, 1.807) is 11.7 Å². The van der Waals surface area contributed by atoms with Crippen molar-refractivity contribution in [3.05, 3.63) is 59.2 Å². The average molecular weight is 351 g/mol. The first-order valence-corrected chi connectivity index (χ1v) is 8.65. The number of carbonyl (C=O) groups excluding carboxylic acids is 1. The Labute approximate surface area is 153 Å². The molecule has 6 heteroatoms. The molecule has 0 bridgehead atoms. The van der Waals surface area contributed by atoms with Gasteiger partial charge >= 0.3 is 0 Å². The molecular weight excluding hydrogens is 326 g/mol. The molecule has 2 aromatic heterocycles. The van der Waals surface area contributed by atoms with Gasteiger partial charge in [-0.3, -0.25) is 9.48 Å². The molecule has 0 aliphatic heterocycles. The van der Waals surface area contributed by atoms with Crippen LogP contribution in [-0.4, -0.2) is 25.5 Å². The largest absolute Gasteiger partial charge is 0.319 e. The molecule has 0 saturated carbocycles. The molecule has 3 rings (SSSR count). The van der Waals surface area contributed by atoms with Gasteiger partial charge in [0.1, 0.15) is 5.69 Å². The number of nitrogens with one attached hydrogen (secondary N) is 1. The number of hydrogen-bond donors (Lipinski definition) is 1. The molecule has 0 atom stereocenters. The van der Waals surface area contributed by atoms with Crippen LogP contribution < -0.4 is 5.32 Å². The van der Waals surface area contributed by atoms with Crippen molar-refractivity contribution in [1.82, 2.24) is 19.6 Å². The van der Waals surface area contributed by atoms with E-state index in [0.29, 0.717) is 11.4 Å². The minimum atomic E-state index is -0.190. The molecule has 1 amide bonds. The molecule has 0 fully saturated rings. The minimum Gasteiger partial charge on any atom is -0.319 e. The van der Waals surface area contributed by atoms with Gasteiger partial charge in [-0.05, 0) is 38.1 Å². The Bertz CT molecular complexity index is 959. The predicted molar refractivity (Wildman–Crippen MR) is 103 cm³/mol. The van der Waals surface area contributed by atoms with Gasteiger partial charge in [0.15, 0.2) is 0 Å². The van der Waals surface area contributed by atoms with Gasteiger partial charge in [-0.2, -0.15) is 10.2 Å². The summed E-state index contributed by atoms with van der Waals surface area (Å²) in [7, 11) is 1.79. The van der Waals surface area contributed by atoms with Gasteiger partial charge < -0.3 is 5.32 Å². The Morgan fingerprint density at radius 3 is 2.35 bits per heavy atom. The third kappa shape index (κ3) is 3.40. The van der Waals surface area contributed by atoms with Crippen molar-refractivity contribution in [2.45, 2.75) is 40.0 Å². The van der Waals surface area contributed by atoms with Crippen LogP contribution in [-0.2, 0) is 12.5 Å². The quantitative estimate of drug-likeness (QED) is 0.781.